The summed E-state index contributed by atoms with van der Waals surface area (Å²) in [6, 6.07) is 0. The molecule has 1 aliphatic heterocycles. The molecule has 0 spiro atoms. The van der Waals surface area contributed by atoms with Gasteiger partial charge in [0, 0.05) is 13.0 Å². The molecular weight excluding hydrogens is 262 g/mol. The van der Waals surface area contributed by atoms with E-state index in [-0.39, 0.29) is 31.2 Å². The van der Waals surface area contributed by atoms with Crippen LogP contribution >= 0.6 is 0 Å². The number of nitrogens with one attached hydrogen (secondary N) is 1. The van der Waals surface area contributed by atoms with E-state index in [0.717, 1.165) is 0 Å². The summed E-state index contributed by atoms with van der Waals surface area (Å²) in [6.07, 6.45) is 0.0962. The largest absolute Gasteiger partial charge is 0.469 e. The molecule has 1 atom stereocenters. The van der Waals surface area contributed by atoms with Crippen molar-refractivity contribution in [3.05, 3.63) is 0 Å². The zero-order valence-electron chi connectivity index (χ0n) is 10.4. The molecule has 106 valence electrons. The number of ether oxygens (including phenoxy) is 3. The van der Waals surface area contributed by atoms with Crippen LogP contribution < -0.4 is 4.72 Å². The molecule has 0 saturated carbocycles. The van der Waals surface area contributed by atoms with E-state index < -0.39 is 16.0 Å². The lowest BCUT2D eigenvalue weighted by Gasteiger charge is -2.22. The Morgan fingerprint density at radius 3 is 2.83 bits per heavy atom. The van der Waals surface area contributed by atoms with E-state index in [1.54, 1.807) is 0 Å². The molecule has 0 aromatic rings. The van der Waals surface area contributed by atoms with Crippen LogP contribution in [0.25, 0.3) is 0 Å². The molecule has 1 unspecified atom stereocenters. The van der Waals surface area contributed by atoms with E-state index in [4.69, 9.17) is 9.47 Å². The highest BCUT2D eigenvalue weighted by atomic mass is 32.2. The van der Waals surface area contributed by atoms with Gasteiger partial charge in [-0.2, -0.15) is 0 Å². The maximum Gasteiger partial charge on any atom is 0.305 e. The SMILES string of the molecule is COC(=O)CCCS(=O)(=O)NCC1COCCO1. The van der Waals surface area contributed by atoms with Crippen molar-refractivity contribution in [3.63, 3.8) is 0 Å². The van der Waals surface area contributed by atoms with Crippen molar-refractivity contribution >= 4 is 16.0 Å². The van der Waals surface area contributed by atoms with Gasteiger partial charge >= 0.3 is 5.97 Å². The summed E-state index contributed by atoms with van der Waals surface area (Å²) in [5, 5.41) is 0. The second-order valence-corrected chi connectivity index (χ2v) is 5.84. The molecule has 0 aliphatic carbocycles. The lowest BCUT2D eigenvalue weighted by atomic mass is 10.3. The van der Waals surface area contributed by atoms with Gasteiger partial charge in [0.2, 0.25) is 10.0 Å². The van der Waals surface area contributed by atoms with Gasteiger partial charge in [0.1, 0.15) is 0 Å². The van der Waals surface area contributed by atoms with Crippen LogP contribution in [0.1, 0.15) is 12.8 Å². The first-order valence-corrected chi connectivity index (χ1v) is 7.42. The predicted molar refractivity (Wildman–Crippen MR) is 63.6 cm³/mol. The normalized spacial score (nSPS) is 20.6. The number of methoxy groups -OCH3 is 1. The van der Waals surface area contributed by atoms with Crippen LogP contribution in [0.3, 0.4) is 0 Å². The number of rotatable bonds is 7. The monoisotopic (exact) mass is 281 g/mol. The Morgan fingerprint density at radius 1 is 1.44 bits per heavy atom. The minimum Gasteiger partial charge on any atom is -0.469 e. The fourth-order valence-corrected chi connectivity index (χ4v) is 2.56. The van der Waals surface area contributed by atoms with E-state index >= 15 is 0 Å². The first-order chi connectivity index (χ1) is 8.53. The van der Waals surface area contributed by atoms with Gasteiger partial charge < -0.3 is 14.2 Å². The Kier molecular flexibility index (Phi) is 6.55. The van der Waals surface area contributed by atoms with E-state index in [0.29, 0.717) is 19.8 Å². The van der Waals surface area contributed by atoms with E-state index in [1.807, 2.05) is 0 Å². The van der Waals surface area contributed by atoms with Gasteiger partial charge in [0.25, 0.3) is 0 Å². The number of carbonyl (C=O) groups is 1. The van der Waals surface area contributed by atoms with Crippen LogP contribution in [0, 0.1) is 0 Å². The minimum atomic E-state index is -3.38. The van der Waals surface area contributed by atoms with Gasteiger partial charge in [-0.1, -0.05) is 0 Å². The average molecular weight is 281 g/mol. The van der Waals surface area contributed by atoms with Crippen LogP contribution in [0.15, 0.2) is 0 Å². The zero-order valence-corrected chi connectivity index (χ0v) is 11.2. The van der Waals surface area contributed by atoms with Crippen molar-refractivity contribution in [1.82, 2.24) is 4.72 Å². The summed E-state index contributed by atoms with van der Waals surface area (Å²) in [5.74, 6) is -0.510. The third kappa shape index (κ3) is 6.29. The second-order valence-electron chi connectivity index (χ2n) is 3.91. The molecule has 0 radical (unpaired) electrons. The maximum atomic E-state index is 11.6. The molecule has 1 heterocycles. The van der Waals surface area contributed by atoms with Gasteiger partial charge in [-0.3, -0.25) is 4.79 Å². The van der Waals surface area contributed by atoms with Crippen LogP contribution in [-0.4, -0.2) is 59.7 Å². The molecule has 0 aromatic heterocycles. The third-order valence-corrected chi connectivity index (χ3v) is 3.87. The highest BCUT2D eigenvalue weighted by molar-refractivity contribution is 7.89. The summed E-state index contributed by atoms with van der Waals surface area (Å²) < 4.78 is 40.5. The smallest absolute Gasteiger partial charge is 0.305 e. The Bertz CT molecular complexity index is 349. The van der Waals surface area contributed by atoms with Crippen LogP contribution in [0.2, 0.25) is 0 Å². The van der Waals surface area contributed by atoms with Crippen molar-refractivity contribution in [2.75, 3.05) is 39.2 Å². The van der Waals surface area contributed by atoms with Gasteiger partial charge in [0.05, 0.1) is 38.8 Å². The topological polar surface area (TPSA) is 90.9 Å². The van der Waals surface area contributed by atoms with Crippen LogP contribution in [0.5, 0.6) is 0 Å². The van der Waals surface area contributed by atoms with E-state index in [1.165, 1.54) is 7.11 Å². The average Bonchev–Trinajstić information content (AvgIpc) is 2.37. The Labute approximate surface area is 107 Å². The van der Waals surface area contributed by atoms with Crippen molar-refractivity contribution in [2.45, 2.75) is 18.9 Å². The molecule has 18 heavy (non-hydrogen) atoms. The summed E-state index contributed by atoms with van der Waals surface area (Å²) in [5.41, 5.74) is 0. The second kappa shape index (κ2) is 7.67. The summed E-state index contributed by atoms with van der Waals surface area (Å²) in [7, 11) is -2.10. The molecule has 1 N–H and O–H groups in total. The van der Waals surface area contributed by atoms with Gasteiger partial charge in [-0.25, -0.2) is 13.1 Å². The van der Waals surface area contributed by atoms with Crippen molar-refractivity contribution in [2.24, 2.45) is 0 Å². The minimum absolute atomic E-state index is 0.0977. The zero-order chi connectivity index (χ0) is 13.4. The number of sulfonamides is 1. The molecule has 0 amide bonds. The highest BCUT2D eigenvalue weighted by Crippen LogP contribution is 2.01. The Balaban J connectivity index is 2.20. The summed E-state index contributed by atoms with van der Waals surface area (Å²) >= 11 is 0. The summed E-state index contributed by atoms with van der Waals surface area (Å²) in [6.45, 7) is 1.61. The number of hydrogen-bond donors (Lipinski definition) is 1. The van der Waals surface area contributed by atoms with Crippen molar-refractivity contribution < 1.29 is 27.4 Å². The van der Waals surface area contributed by atoms with E-state index in [9.17, 15) is 13.2 Å². The van der Waals surface area contributed by atoms with Crippen molar-refractivity contribution in [3.8, 4) is 0 Å². The molecule has 1 fully saturated rings. The molecule has 7 nitrogen and oxygen atoms in total. The van der Waals surface area contributed by atoms with Gasteiger partial charge in [-0.15, -0.1) is 0 Å². The van der Waals surface area contributed by atoms with Crippen LogP contribution in [-0.2, 0) is 29.0 Å². The first-order valence-electron chi connectivity index (χ1n) is 5.77. The predicted octanol–water partition coefficient (Wildman–Crippen LogP) is -0.726. The third-order valence-electron chi connectivity index (χ3n) is 2.44. The number of esters is 1. The molecule has 0 bridgehead atoms. The lowest BCUT2D eigenvalue weighted by molar-refractivity contribution is -0.140. The molecule has 1 saturated heterocycles. The number of hydrogen-bond acceptors (Lipinski definition) is 6. The molecular formula is C10H19NO6S. The molecule has 1 rings (SSSR count). The fourth-order valence-electron chi connectivity index (χ4n) is 1.46. The Morgan fingerprint density at radius 2 is 2.22 bits per heavy atom. The first kappa shape index (κ1) is 15.4. The van der Waals surface area contributed by atoms with E-state index in [2.05, 4.69) is 9.46 Å². The van der Waals surface area contributed by atoms with Crippen molar-refractivity contribution in [1.29, 1.82) is 0 Å². The lowest BCUT2D eigenvalue weighted by Crippen LogP contribution is -2.40. The highest BCUT2D eigenvalue weighted by Gasteiger charge is 2.18. The Hall–Kier alpha value is -0.700. The molecule has 0 aromatic carbocycles. The van der Waals surface area contributed by atoms with Gasteiger partial charge in [0.15, 0.2) is 0 Å². The summed E-state index contributed by atoms with van der Waals surface area (Å²) in [4.78, 5) is 10.8. The number of carbonyl (C=O) groups excluding carboxylic acids is 1. The molecule has 8 heteroatoms. The standard InChI is InChI=1S/C10H19NO6S/c1-15-10(12)3-2-6-18(13,14)11-7-9-8-16-4-5-17-9/h9,11H,2-8H2,1H3. The quantitative estimate of drug-likeness (QED) is 0.619. The van der Waals surface area contributed by atoms with Gasteiger partial charge in [-0.05, 0) is 6.42 Å². The maximum absolute atomic E-state index is 11.6. The van der Waals surface area contributed by atoms with Crippen LogP contribution in [0.4, 0.5) is 0 Å². The fraction of sp³-hybridized carbons (Fsp3) is 0.900. The molecule has 1 aliphatic rings.